The number of nitro benzene ring substituents is 1. The third-order valence-corrected chi connectivity index (χ3v) is 1.64. The van der Waals surface area contributed by atoms with Crippen molar-refractivity contribution in [3.05, 3.63) is 33.9 Å². The van der Waals surface area contributed by atoms with E-state index in [1.54, 1.807) is 6.07 Å². The molecule has 0 aliphatic carbocycles. The minimum absolute atomic E-state index is 0.106. The molecule has 0 heterocycles. The molecule has 0 amide bonds. The van der Waals surface area contributed by atoms with Crippen molar-refractivity contribution in [3.63, 3.8) is 0 Å². The average Bonchev–Trinajstić information content (AvgIpc) is 2.25. The predicted molar refractivity (Wildman–Crippen MR) is 50.9 cm³/mol. The third-order valence-electron chi connectivity index (χ3n) is 1.64. The first-order chi connectivity index (χ1) is 7.54. The van der Waals surface area contributed by atoms with Crippen LogP contribution in [0.4, 0.5) is 5.69 Å². The number of hydrogen-bond donors (Lipinski definition) is 1. The van der Waals surface area contributed by atoms with Gasteiger partial charge in [0.05, 0.1) is 16.6 Å². The van der Waals surface area contributed by atoms with E-state index in [9.17, 15) is 14.9 Å². The van der Waals surface area contributed by atoms with Gasteiger partial charge in [0.1, 0.15) is 0 Å². The number of nitro groups is 1. The van der Waals surface area contributed by atoms with Crippen molar-refractivity contribution < 1.29 is 19.6 Å². The summed E-state index contributed by atoms with van der Waals surface area (Å²) >= 11 is 0. The van der Waals surface area contributed by atoms with Gasteiger partial charge in [0.15, 0.2) is 12.4 Å². The summed E-state index contributed by atoms with van der Waals surface area (Å²) in [7, 11) is 0. The molecule has 1 N–H and O–H groups in total. The van der Waals surface area contributed by atoms with Gasteiger partial charge in [0.25, 0.3) is 0 Å². The second kappa shape index (κ2) is 4.75. The Labute approximate surface area is 89.6 Å². The molecule has 82 valence electrons. The number of ether oxygens (including phenoxy) is 1. The molecular formula is C9H6N2O5. The number of hydrogen-bond acceptors (Lipinski definition) is 5. The van der Waals surface area contributed by atoms with Crippen LogP contribution in [0.3, 0.4) is 0 Å². The SMILES string of the molecule is N#Cc1ccc(OCC(=O)O)c([N+](=O)[O-])c1. The van der Waals surface area contributed by atoms with Gasteiger partial charge in [-0.25, -0.2) is 4.79 Å². The minimum Gasteiger partial charge on any atom is -0.479 e. The Morgan fingerprint density at radius 2 is 2.31 bits per heavy atom. The Morgan fingerprint density at radius 1 is 1.62 bits per heavy atom. The number of carboxylic acids is 1. The van der Waals surface area contributed by atoms with Crippen molar-refractivity contribution in [3.8, 4) is 11.8 Å². The molecule has 7 nitrogen and oxygen atoms in total. The maximum absolute atomic E-state index is 10.6. The predicted octanol–water partition coefficient (Wildman–Crippen LogP) is 0.930. The van der Waals surface area contributed by atoms with Crippen LogP contribution in [0.5, 0.6) is 5.75 Å². The lowest BCUT2D eigenvalue weighted by atomic mass is 10.2. The number of rotatable bonds is 4. The standard InChI is InChI=1S/C9H6N2O5/c10-4-6-1-2-8(16-5-9(12)13)7(3-6)11(14)15/h1-3H,5H2,(H,12,13). The van der Waals surface area contributed by atoms with E-state index in [0.29, 0.717) is 0 Å². The molecule has 0 aliphatic rings. The molecule has 1 rings (SSSR count). The Bertz CT molecular complexity index is 477. The summed E-state index contributed by atoms with van der Waals surface area (Å²) in [6, 6.07) is 5.27. The molecule has 0 bridgehead atoms. The first kappa shape index (κ1) is 11.5. The third kappa shape index (κ3) is 2.68. The van der Waals surface area contributed by atoms with Crippen LogP contribution in [-0.2, 0) is 4.79 Å². The second-order valence-corrected chi connectivity index (χ2v) is 2.73. The van der Waals surface area contributed by atoms with Crippen LogP contribution in [-0.4, -0.2) is 22.6 Å². The Balaban J connectivity index is 3.04. The largest absolute Gasteiger partial charge is 0.479 e. The van der Waals surface area contributed by atoms with Gasteiger partial charge in [-0.15, -0.1) is 0 Å². The number of aliphatic carboxylic acids is 1. The van der Waals surface area contributed by atoms with Crippen LogP contribution < -0.4 is 4.74 Å². The Morgan fingerprint density at radius 3 is 2.81 bits per heavy atom. The summed E-state index contributed by atoms with van der Waals surface area (Å²) in [5, 5.41) is 27.5. The minimum atomic E-state index is -1.24. The van der Waals surface area contributed by atoms with Crippen LogP contribution in [0.15, 0.2) is 18.2 Å². The van der Waals surface area contributed by atoms with E-state index in [-0.39, 0.29) is 11.3 Å². The number of carboxylic acid groups (broad SMARTS) is 1. The smallest absolute Gasteiger partial charge is 0.341 e. The topological polar surface area (TPSA) is 113 Å². The molecule has 1 aromatic carbocycles. The van der Waals surface area contributed by atoms with Crippen LogP contribution in [0.2, 0.25) is 0 Å². The number of nitriles is 1. The van der Waals surface area contributed by atoms with Crippen molar-refractivity contribution in [2.24, 2.45) is 0 Å². The van der Waals surface area contributed by atoms with Gasteiger partial charge in [-0.05, 0) is 12.1 Å². The molecule has 0 saturated heterocycles. The number of carbonyl (C=O) groups is 1. The summed E-state index contributed by atoms with van der Waals surface area (Å²) in [5.41, 5.74) is -0.324. The maximum Gasteiger partial charge on any atom is 0.341 e. The van der Waals surface area contributed by atoms with E-state index in [4.69, 9.17) is 15.1 Å². The second-order valence-electron chi connectivity index (χ2n) is 2.73. The van der Waals surface area contributed by atoms with Gasteiger partial charge in [0.2, 0.25) is 0 Å². The van der Waals surface area contributed by atoms with Crippen LogP contribution >= 0.6 is 0 Å². The van der Waals surface area contributed by atoms with E-state index < -0.39 is 23.2 Å². The highest BCUT2D eigenvalue weighted by atomic mass is 16.6. The molecule has 0 aliphatic heterocycles. The fraction of sp³-hybridized carbons (Fsp3) is 0.111. The summed E-state index contributed by atoms with van der Waals surface area (Å²) in [5.74, 6) is -1.41. The van der Waals surface area contributed by atoms with E-state index in [0.717, 1.165) is 6.07 Å². The normalized spacial score (nSPS) is 9.19. The molecule has 0 spiro atoms. The summed E-state index contributed by atoms with van der Waals surface area (Å²) in [4.78, 5) is 20.1. The summed E-state index contributed by atoms with van der Waals surface area (Å²) in [6.45, 7) is -0.674. The van der Waals surface area contributed by atoms with E-state index in [1.807, 2.05) is 0 Å². The monoisotopic (exact) mass is 222 g/mol. The molecule has 0 saturated carbocycles. The zero-order chi connectivity index (χ0) is 12.1. The highest BCUT2D eigenvalue weighted by Crippen LogP contribution is 2.27. The van der Waals surface area contributed by atoms with Gasteiger partial charge in [-0.1, -0.05) is 0 Å². The summed E-state index contributed by atoms with van der Waals surface area (Å²) < 4.78 is 4.71. The van der Waals surface area contributed by atoms with Gasteiger partial charge >= 0.3 is 11.7 Å². The Hall–Kier alpha value is -2.62. The van der Waals surface area contributed by atoms with E-state index in [2.05, 4.69) is 0 Å². The van der Waals surface area contributed by atoms with Crippen molar-refractivity contribution in [1.29, 1.82) is 5.26 Å². The van der Waals surface area contributed by atoms with Gasteiger partial charge in [-0.2, -0.15) is 5.26 Å². The molecular weight excluding hydrogens is 216 g/mol. The highest BCUT2D eigenvalue weighted by molar-refractivity contribution is 5.68. The van der Waals surface area contributed by atoms with Crippen LogP contribution in [0, 0.1) is 21.4 Å². The zero-order valence-electron chi connectivity index (χ0n) is 7.91. The van der Waals surface area contributed by atoms with Gasteiger partial charge in [-0.3, -0.25) is 10.1 Å². The van der Waals surface area contributed by atoms with Crippen LogP contribution in [0.25, 0.3) is 0 Å². The molecule has 0 aromatic heterocycles. The maximum atomic E-state index is 10.6. The molecule has 0 radical (unpaired) electrons. The first-order valence-corrected chi connectivity index (χ1v) is 4.07. The highest BCUT2D eigenvalue weighted by Gasteiger charge is 2.16. The Kier molecular flexibility index (Phi) is 3.40. The lowest BCUT2D eigenvalue weighted by Crippen LogP contribution is -2.10. The zero-order valence-corrected chi connectivity index (χ0v) is 7.91. The number of nitrogens with zero attached hydrogens (tertiary/aromatic N) is 2. The molecule has 0 fully saturated rings. The van der Waals surface area contributed by atoms with Crippen molar-refractivity contribution in [1.82, 2.24) is 0 Å². The van der Waals surface area contributed by atoms with Crippen LogP contribution in [0.1, 0.15) is 5.56 Å². The lowest BCUT2D eigenvalue weighted by Gasteiger charge is -2.03. The van der Waals surface area contributed by atoms with Crippen molar-refractivity contribution in [2.75, 3.05) is 6.61 Å². The first-order valence-electron chi connectivity index (χ1n) is 4.07. The molecule has 0 unspecified atom stereocenters. The number of benzene rings is 1. The van der Waals surface area contributed by atoms with Gasteiger partial charge < -0.3 is 9.84 Å². The van der Waals surface area contributed by atoms with E-state index >= 15 is 0 Å². The molecule has 0 atom stereocenters. The van der Waals surface area contributed by atoms with E-state index in [1.165, 1.54) is 12.1 Å². The fourth-order valence-electron chi connectivity index (χ4n) is 0.991. The molecule has 16 heavy (non-hydrogen) atoms. The van der Waals surface area contributed by atoms with Crippen molar-refractivity contribution >= 4 is 11.7 Å². The average molecular weight is 222 g/mol. The van der Waals surface area contributed by atoms with Crippen molar-refractivity contribution in [2.45, 2.75) is 0 Å². The molecule has 7 heteroatoms. The van der Waals surface area contributed by atoms with Gasteiger partial charge in [0, 0.05) is 6.07 Å². The molecule has 1 aromatic rings. The fourth-order valence-corrected chi connectivity index (χ4v) is 0.991. The quantitative estimate of drug-likeness (QED) is 0.598. The lowest BCUT2D eigenvalue weighted by molar-refractivity contribution is -0.385. The summed E-state index contributed by atoms with van der Waals surface area (Å²) in [6.07, 6.45) is 0.